The third-order valence-corrected chi connectivity index (χ3v) is 4.17. The monoisotopic (exact) mass is 338 g/mol. The van der Waals surface area contributed by atoms with Crippen molar-refractivity contribution in [3.8, 4) is 0 Å². The Kier molecular flexibility index (Phi) is 4.57. The van der Waals surface area contributed by atoms with Crippen LogP contribution in [-0.2, 0) is 10.0 Å². The van der Waals surface area contributed by atoms with Gasteiger partial charge in [0.05, 0.1) is 0 Å². The molecule has 1 heterocycles. The highest BCUT2D eigenvalue weighted by molar-refractivity contribution is 9.10. The average molecular weight is 339 g/mol. The molecule has 0 unspecified atom stereocenters. The average Bonchev–Trinajstić information content (AvgIpc) is 2.60. The number of hydrogen-bond donors (Lipinski definition) is 1. The topological polar surface area (TPSA) is 93.6 Å². The normalized spacial score (nSPS) is 11.9. The van der Waals surface area contributed by atoms with Crippen LogP contribution in [-0.4, -0.2) is 31.8 Å². The second kappa shape index (κ2) is 5.41. The Labute approximate surface area is 114 Å². The molecule has 1 amide bonds. The van der Waals surface area contributed by atoms with Gasteiger partial charge >= 0.3 is 0 Å². The number of primary sulfonamides is 1. The van der Waals surface area contributed by atoms with Crippen molar-refractivity contribution in [3.05, 3.63) is 16.5 Å². The van der Waals surface area contributed by atoms with E-state index in [2.05, 4.69) is 15.9 Å². The zero-order valence-electron chi connectivity index (χ0n) is 10.3. The Morgan fingerprint density at radius 3 is 2.44 bits per heavy atom. The van der Waals surface area contributed by atoms with Gasteiger partial charge in [0, 0.05) is 18.7 Å². The summed E-state index contributed by atoms with van der Waals surface area (Å²) in [6, 6.07) is 1.12. The molecule has 0 atom stereocenters. The summed E-state index contributed by atoms with van der Waals surface area (Å²) in [6.07, 6.45) is 0. The molecule has 6 nitrogen and oxygen atoms in total. The molecular weight excluding hydrogens is 324 g/mol. The van der Waals surface area contributed by atoms with Crippen LogP contribution in [0.4, 0.5) is 0 Å². The van der Waals surface area contributed by atoms with Crippen LogP contribution in [0.25, 0.3) is 0 Å². The lowest BCUT2D eigenvalue weighted by Gasteiger charge is -2.23. The van der Waals surface area contributed by atoms with Gasteiger partial charge in [-0.15, -0.1) is 0 Å². The quantitative estimate of drug-likeness (QED) is 0.901. The van der Waals surface area contributed by atoms with Gasteiger partial charge in [-0.25, -0.2) is 13.6 Å². The molecule has 8 heteroatoms. The predicted molar refractivity (Wildman–Crippen MR) is 69.6 cm³/mol. The van der Waals surface area contributed by atoms with E-state index in [1.54, 1.807) is 4.90 Å². The summed E-state index contributed by atoms with van der Waals surface area (Å²) in [7, 11) is -3.91. The smallest absolute Gasteiger partial charge is 0.289 e. The fraction of sp³-hybridized carbons (Fsp3) is 0.500. The largest absolute Gasteiger partial charge is 0.443 e. The summed E-state index contributed by atoms with van der Waals surface area (Å²) in [5.74, 6) is -0.426. The van der Waals surface area contributed by atoms with E-state index >= 15 is 0 Å². The number of furan rings is 1. The Morgan fingerprint density at radius 1 is 1.56 bits per heavy atom. The van der Waals surface area contributed by atoms with Crippen LogP contribution in [0.2, 0.25) is 0 Å². The van der Waals surface area contributed by atoms with Gasteiger partial charge in [0.2, 0.25) is 10.0 Å². The Balaban J connectivity index is 3.17. The van der Waals surface area contributed by atoms with Crippen LogP contribution in [0.5, 0.6) is 0 Å². The third-order valence-electron chi connectivity index (χ3n) is 2.40. The standard InChI is InChI=1S/C10H15BrN2O4S/c1-4-13(6(2)3)10(14)7-5-8(9(11)17-7)18(12,15)16/h5-6H,4H2,1-3H3,(H2,12,15,16). The van der Waals surface area contributed by atoms with Crippen molar-refractivity contribution in [2.75, 3.05) is 6.54 Å². The lowest BCUT2D eigenvalue weighted by molar-refractivity contribution is 0.0683. The van der Waals surface area contributed by atoms with E-state index in [0.717, 1.165) is 6.07 Å². The minimum atomic E-state index is -3.91. The van der Waals surface area contributed by atoms with Crippen molar-refractivity contribution in [2.24, 2.45) is 5.14 Å². The number of sulfonamides is 1. The highest BCUT2D eigenvalue weighted by atomic mass is 79.9. The lowest BCUT2D eigenvalue weighted by atomic mass is 10.3. The molecule has 0 fully saturated rings. The number of nitrogens with zero attached hydrogens (tertiary/aromatic N) is 1. The molecule has 0 aromatic carbocycles. The van der Waals surface area contributed by atoms with Crippen LogP contribution in [0.1, 0.15) is 31.3 Å². The molecule has 0 bridgehead atoms. The Bertz CT molecular complexity index is 550. The van der Waals surface area contributed by atoms with Gasteiger partial charge in [0.15, 0.2) is 10.4 Å². The van der Waals surface area contributed by atoms with Crippen LogP contribution < -0.4 is 5.14 Å². The molecule has 2 N–H and O–H groups in total. The van der Waals surface area contributed by atoms with Crippen molar-refractivity contribution < 1.29 is 17.6 Å². The van der Waals surface area contributed by atoms with Crippen molar-refractivity contribution in [3.63, 3.8) is 0 Å². The first-order valence-corrected chi connectivity index (χ1v) is 7.65. The van der Waals surface area contributed by atoms with Crippen LogP contribution in [0, 0.1) is 0 Å². The Morgan fingerprint density at radius 2 is 2.11 bits per heavy atom. The molecule has 0 radical (unpaired) electrons. The van der Waals surface area contributed by atoms with E-state index in [1.807, 2.05) is 20.8 Å². The zero-order chi connectivity index (χ0) is 14.1. The number of amides is 1. The number of rotatable bonds is 4. The molecule has 1 rings (SSSR count). The summed E-state index contributed by atoms with van der Waals surface area (Å²) >= 11 is 2.93. The molecule has 18 heavy (non-hydrogen) atoms. The fourth-order valence-corrected chi connectivity index (χ4v) is 3.04. The first-order chi connectivity index (χ1) is 8.18. The molecule has 0 saturated heterocycles. The van der Waals surface area contributed by atoms with Gasteiger partial charge in [-0.3, -0.25) is 4.79 Å². The molecule has 1 aromatic rings. The third kappa shape index (κ3) is 3.12. The maximum atomic E-state index is 12.1. The van der Waals surface area contributed by atoms with Crippen LogP contribution >= 0.6 is 15.9 Å². The molecule has 0 saturated carbocycles. The van der Waals surface area contributed by atoms with Gasteiger partial charge in [-0.2, -0.15) is 0 Å². The molecule has 0 aliphatic carbocycles. The molecule has 102 valence electrons. The molecule has 0 aliphatic heterocycles. The van der Waals surface area contributed by atoms with E-state index in [1.165, 1.54) is 0 Å². The second-order valence-electron chi connectivity index (χ2n) is 3.98. The lowest BCUT2D eigenvalue weighted by Crippen LogP contribution is -2.36. The second-order valence-corrected chi connectivity index (χ2v) is 6.23. The van der Waals surface area contributed by atoms with Gasteiger partial charge in [0.25, 0.3) is 5.91 Å². The number of nitrogens with two attached hydrogens (primary N) is 1. The predicted octanol–water partition coefficient (Wildman–Crippen LogP) is 1.56. The summed E-state index contributed by atoms with van der Waals surface area (Å²) in [4.78, 5) is 13.4. The molecule has 1 aromatic heterocycles. The molecule has 0 aliphatic rings. The minimum absolute atomic E-state index is 0.00990. The fourth-order valence-electron chi connectivity index (χ4n) is 1.54. The first-order valence-electron chi connectivity index (χ1n) is 5.31. The van der Waals surface area contributed by atoms with E-state index in [4.69, 9.17) is 9.56 Å². The first kappa shape index (κ1) is 15.2. The summed E-state index contributed by atoms with van der Waals surface area (Å²) in [6.45, 7) is 6.05. The van der Waals surface area contributed by atoms with Crippen molar-refractivity contribution >= 4 is 31.9 Å². The number of carbonyl (C=O) groups excluding carboxylic acids is 1. The number of halogens is 1. The van der Waals surface area contributed by atoms with E-state index in [0.29, 0.717) is 6.54 Å². The van der Waals surface area contributed by atoms with Gasteiger partial charge < -0.3 is 9.32 Å². The maximum Gasteiger partial charge on any atom is 0.289 e. The van der Waals surface area contributed by atoms with Crippen molar-refractivity contribution in [1.82, 2.24) is 4.90 Å². The summed E-state index contributed by atoms with van der Waals surface area (Å²) in [5, 5.41) is 5.00. The Hall–Kier alpha value is -0.860. The number of hydrogen-bond acceptors (Lipinski definition) is 4. The molecular formula is C10H15BrN2O4S. The number of carbonyl (C=O) groups is 1. The summed E-state index contributed by atoms with van der Waals surface area (Å²) < 4.78 is 27.5. The van der Waals surface area contributed by atoms with Crippen LogP contribution in [0.3, 0.4) is 0 Å². The van der Waals surface area contributed by atoms with Gasteiger partial charge in [-0.1, -0.05) is 0 Å². The van der Waals surface area contributed by atoms with Crippen LogP contribution in [0.15, 0.2) is 20.0 Å². The van der Waals surface area contributed by atoms with E-state index < -0.39 is 10.0 Å². The van der Waals surface area contributed by atoms with Crippen molar-refractivity contribution in [1.29, 1.82) is 0 Å². The van der Waals surface area contributed by atoms with Crippen molar-refractivity contribution in [2.45, 2.75) is 31.7 Å². The zero-order valence-corrected chi connectivity index (χ0v) is 12.7. The maximum absolute atomic E-state index is 12.1. The highest BCUT2D eigenvalue weighted by Crippen LogP contribution is 2.26. The highest BCUT2D eigenvalue weighted by Gasteiger charge is 2.25. The van der Waals surface area contributed by atoms with Gasteiger partial charge in [-0.05, 0) is 36.7 Å². The molecule has 0 spiro atoms. The summed E-state index contributed by atoms with van der Waals surface area (Å²) in [5.41, 5.74) is 0. The minimum Gasteiger partial charge on any atom is -0.443 e. The van der Waals surface area contributed by atoms with E-state index in [9.17, 15) is 13.2 Å². The van der Waals surface area contributed by atoms with E-state index in [-0.39, 0.29) is 27.3 Å². The van der Waals surface area contributed by atoms with Gasteiger partial charge in [0.1, 0.15) is 4.90 Å². The SMILES string of the molecule is CCN(C(=O)c1cc(S(N)(=O)=O)c(Br)o1)C(C)C.